The third-order valence-electron chi connectivity index (χ3n) is 1.89. The third kappa shape index (κ3) is 1.20. The summed E-state index contributed by atoms with van der Waals surface area (Å²) in [6.07, 6.45) is 0. The third-order valence-corrected chi connectivity index (χ3v) is 1.89. The Kier molecular flexibility index (Phi) is 2.17. The summed E-state index contributed by atoms with van der Waals surface area (Å²) in [5.74, 6) is -0.898. The molecule has 1 rings (SSSR count). The molecule has 0 fully saturated rings. The van der Waals surface area contributed by atoms with Gasteiger partial charge in [0.15, 0.2) is 0 Å². The van der Waals surface area contributed by atoms with E-state index in [0.29, 0.717) is 17.8 Å². The number of aromatic nitrogens is 2. The molecule has 0 aromatic carbocycles. The van der Waals surface area contributed by atoms with E-state index in [9.17, 15) is 4.79 Å². The maximum atomic E-state index is 10.7. The smallest absolute Gasteiger partial charge is 0.339 e. The van der Waals surface area contributed by atoms with Gasteiger partial charge in [-0.25, -0.2) is 4.79 Å². The van der Waals surface area contributed by atoms with Crippen LogP contribution in [0.1, 0.15) is 28.7 Å². The van der Waals surface area contributed by atoms with Crippen LogP contribution in [0.5, 0.6) is 0 Å². The quantitative estimate of drug-likeness (QED) is 0.722. The summed E-state index contributed by atoms with van der Waals surface area (Å²) in [6, 6.07) is 0. The highest BCUT2D eigenvalue weighted by Crippen LogP contribution is 2.12. The van der Waals surface area contributed by atoms with Crippen molar-refractivity contribution in [1.82, 2.24) is 9.78 Å². The van der Waals surface area contributed by atoms with E-state index in [-0.39, 0.29) is 0 Å². The van der Waals surface area contributed by atoms with Crippen LogP contribution in [0.2, 0.25) is 0 Å². The number of aromatic carboxylic acids is 1. The Labute approximate surface area is 70.8 Å². The highest BCUT2D eigenvalue weighted by molar-refractivity contribution is 5.90. The van der Waals surface area contributed by atoms with Crippen LogP contribution in [-0.2, 0) is 6.54 Å². The molecule has 4 nitrogen and oxygen atoms in total. The highest BCUT2D eigenvalue weighted by atomic mass is 16.4. The average Bonchev–Trinajstić information content (AvgIpc) is 2.25. The van der Waals surface area contributed by atoms with Crippen molar-refractivity contribution < 1.29 is 9.90 Å². The maximum Gasteiger partial charge on any atom is 0.339 e. The van der Waals surface area contributed by atoms with Gasteiger partial charge in [-0.1, -0.05) is 0 Å². The summed E-state index contributed by atoms with van der Waals surface area (Å²) in [5.41, 5.74) is 1.64. The van der Waals surface area contributed by atoms with E-state index in [1.54, 1.807) is 18.5 Å². The lowest BCUT2D eigenvalue weighted by molar-refractivity contribution is 0.0695. The Morgan fingerprint density at radius 1 is 1.58 bits per heavy atom. The van der Waals surface area contributed by atoms with Crippen molar-refractivity contribution in [3.8, 4) is 0 Å². The lowest BCUT2D eigenvalue weighted by atomic mass is 10.2. The van der Waals surface area contributed by atoms with Crippen molar-refractivity contribution in [2.75, 3.05) is 0 Å². The summed E-state index contributed by atoms with van der Waals surface area (Å²) in [7, 11) is 0. The molecular formula is C8H12N2O2. The molecule has 66 valence electrons. The SMILES string of the molecule is CCn1nc(C)c(C(=O)O)c1C. The minimum absolute atomic E-state index is 0.330. The zero-order valence-corrected chi connectivity index (χ0v) is 7.46. The molecule has 1 N–H and O–H groups in total. The molecule has 0 saturated carbocycles. The first-order chi connectivity index (χ1) is 5.57. The number of nitrogens with zero attached hydrogens (tertiary/aromatic N) is 2. The fourth-order valence-electron chi connectivity index (χ4n) is 1.31. The van der Waals surface area contributed by atoms with Gasteiger partial charge in [-0.3, -0.25) is 4.68 Å². The summed E-state index contributed by atoms with van der Waals surface area (Å²) in [4.78, 5) is 10.7. The second-order valence-electron chi connectivity index (χ2n) is 2.67. The van der Waals surface area contributed by atoms with Crippen molar-refractivity contribution in [3.05, 3.63) is 17.0 Å². The minimum Gasteiger partial charge on any atom is -0.478 e. The molecule has 0 amide bonds. The van der Waals surface area contributed by atoms with Crippen molar-refractivity contribution in [2.24, 2.45) is 0 Å². The van der Waals surface area contributed by atoms with Gasteiger partial charge in [-0.05, 0) is 20.8 Å². The number of hydrogen-bond donors (Lipinski definition) is 1. The number of carbonyl (C=O) groups is 1. The van der Waals surface area contributed by atoms with Crippen molar-refractivity contribution >= 4 is 5.97 Å². The standard InChI is InChI=1S/C8H12N2O2/c1-4-10-6(3)7(8(11)12)5(2)9-10/h4H2,1-3H3,(H,11,12). The molecule has 0 unspecified atom stereocenters. The lowest BCUT2D eigenvalue weighted by Crippen LogP contribution is -2.02. The van der Waals surface area contributed by atoms with E-state index in [2.05, 4.69) is 5.10 Å². The Morgan fingerprint density at radius 3 is 2.42 bits per heavy atom. The molecular weight excluding hydrogens is 156 g/mol. The van der Waals surface area contributed by atoms with Gasteiger partial charge < -0.3 is 5.11 Å². The molecule has 0 atom stereocenters. The molecule has 0 bridgehead atoms. The number of aryl methyl sites for hydroxylation is 2. The van der Waals surface area contributed by atoms with Gasteiger partial charge in [0.1, 0.15) is 5.56 Å². The van der Waals surface area contributed by atoms with Crippen molar-refractivity contribution in [3.63, 3.8) is 0 Å². The molecule has 1 aromatic heterocycles. The van der Waals surface area contributed by atoms with E-state index in [0.717, 1.165) is 5.69 Å². The van der Waals surface area contributed by atoms with E-state index in [1.165, 1.54) is 0 Å². The fourth-order valence-corrected chi connectivity index (χ4v) is 1.31. The van der Waals surface area contributed by atoms with Crippen LogP contribution in [0.3, 0.4) is 0 Å². The second kappa shape index (κ2) is 2.97. The van der Waals surface area contributed by atoms with Gasteiger partial charge in [0.05, 0.1) is 11.4 Å². The zero-order chi connectivity index (χ0) is 9.30. The monoisotopic (exact) mass is 168 g/mol. The predicted octanol–water partition coefficient (Wildman–Crippen LogP) is 1.22. The Balaban J connectivity index is 3.28. The summed E-state index contributed by atoms with van der Waals surface area (Å²) < 4.78 is 1.69. The van der Waals surface area contributed by atoms with Crippen LogP contribution in [0, 0.1) is 13.8 Å². The fraction of sp³-hybridized carbons (Fsp3) is 0.500. The molecule has 0 aliphatic heterocycles. The molecule has 0 aliphatic rings. The van der Waals surface area contributed by atoms with E-state index < -0.39 is 5.97 Å². The number of carboxylic acids is 1. The summed E-state index contributed by atoms with van der Waals surface area (Å²) in [5, 5.41) is 12.9. The van der Waals surface area contributed by atoms with Crippen molar-refractivity contribution in [2.45, 2.75) is 27.3 Å². The van der Waals surface area contributed by atoms with Gasteiger partial charge in [0, 0.05) is 6.54 Å². The lowest BCUT2D eigenvalue weighted by Gasteiger charge is -1.97. The predicted molar refractivity (Wildman–Crippen MR) is 44.3 cm³/mol. The first-order valence-corrected chi connectivity index (χ1v) is 3.85. The van der Waals surface area contributed by atoms with E-state index >= 15 is 0 Å². The number of hydrogen-bond acceptors (Lipinski definition) is 2. The first-order valence-electron chi connectivity index (χ1n) is 3.85. The molecule has 4 heteroatoms. The molecule has 0 radical (unpaired) electrons. The van der Waals surface area contributed by atoms with Crippen LogP contribution in [-0.4, -0.2) is 20.9 Å². The van der Waals surface area contributed by atoms with Gasteiger partial charge in [-0.2, -0.15) is 5.10 Å². The summed E-state index contributed by atoms with van der Waals surface area (Å²) >= 11 is 0. The number of rotatable bonds is 2. The molecule has 0 aliphatic carbocycles. The molecule has 12 heavy (non-hydrogen) atoms. The second-order valence-corrected chi connectivity index (χ2v) is 2.67. The first kappa shape index (κ1) is 8.77. The van der Waals surface area contributed by atoms with E-state index in [4.69, 9.17) is 5.11 Å². The largest absolute Gasteiger partial charge is 0.478 e. The van der Waals surface area contributed by atoms with Gasteiger partial charge in [0.2, 0.25) is 0 Å². The Bertz CT molecular complexity index is 315. The normalized spacial score (nSPS) is 10.2. The maximum absolute atomic E-state index is 10.7. The minimum atomic E-state index is -0.898. The molecule has 0 saturated heterocycles. The Morgan fingerprint density at radius 2 is 2.17 bits per heavy atom. The topological polar surface area (TPSA) is 55.1 Å². The van der Waals surface area contributed by atoms with Gasteiger partial charge in [0.25, 0.3) is 0 Å². The molecule has 0 spiro atoms. The Hall–Kier alpha value is -1.32. The highest BCUT2D eigenvalue weighted by Gasteiger charge is 2.16. The summed E-state index contributed by atoms with van der Waals surface area (Å²) in [6.45, 7) is 6.13. The average molecular weight is 168 g/mol. The zero-order valence-electron chi connectivity index (χ0n) is 7.46. The van der Waals surface area contributed by atoms with E-state index in [1.807, 2.05) is 6.92 Å². The van der Waals surface area contributed by atoms with Crippen molar-refractivity contribution in [1.29, 1.82) is 0 Å². The molecule has 1 heterocycles. The van der Waals surface area contributed by atoms with Crippen LogP contribution in [0.4, 0.5) is 0 Å². The number of carboxylic acid groups (broad SMARTS) is 1. The van der Waals surface area contributed by atoms with Crippen LogP contribution in [0.25, 0.3) is 0 Å². The van der Waals surface area contributed by atoms with Crippen LogP contribution >= 0.6 is 0 Å². The molecule has 1 aromatic rings. The van der Waals surface area contributed by atoms with Crippen LogP contribution in [0.15, 0.2) is 0 Å². The van der Waals surface area contributed by atoms with Gasteiger partial charge >= 0.3 is 5.97 Å². The van der Waals surface area contributed by atoms with Gasteiger partial charge in [-0.15, -0.1) is 0 Å². The van der Waals surface area contributed by atoms with Crippen LogP contribution < -0.4 is 0 Å².